The fraction of sp³-hybridized carbons (Fsp3) is 0.724. The zero-order valence-corrected chi connectivity index (χ0v) is 22.2. The molecule has 0 bridgehead atoms. The van der Waals surface area contributed by atoms with Gasteiger partial charge in [-0.2, -0.15) is 0 Å². The maximum atomic E-state index is 13.7. The molecule has 202 valence electrons. The molecule has 0 spiro atoms. The summed E-state index contributed by atoms with van der Waals surface area (Å²) in [6.07, 6.45) is 12.4. The molecule has 1 N–H and O–H groups in total. The van der Waals surface area contributed by atoms with Crippen LogP contribution in [0.3, 0.4) is 0 Å². The summed E-state index contributed by atoms with van der Waals surface area (Å²) in [6.45, 7) is 4.25. The van der Waals surface area contributed by atoms with Crippen molar-refractivity contribution in [3.05, 3.63) is 24.4 Å². The molecule has 3 amide bonds. The number of aromatic nitrogens is 1. The monoisotopic (exact) mass is 509 g/mol. The fourth-order valence-corrected chi connectivity index (χ4v) is 6.96. The number of anilines is 1. The lowest BCUT2D eigenvalue weighted by molar-refractivity contribution is -0.138. The highest BCUT2D eigenvalue weighted by atomic mass is 16.2. The largest absolute Gasteiger partial charge is 0.356 e. The Morgan fingerprint density at radius 3 is 2.46 bits per heavy atom. The normalized spacial score (nSPS) is 27.9. The first-order valence-electron chi connectivity index (χ1n) is 14.6. The van der Waals surface area contributed by atoms with E-state index in [9.17, 15) is 14.4 Å². The van der Waals surface area contributed by atoms with Gasteiger partial charge in [-0.25, -0.2) is 4.98 Å². The molecule has 2 aliphatic heterocycles. The summed E-state index contributed by atoms with van der Waals surface area (Å²) in [5, 5.41) is 3.13. The number of nitrogens with one attached hydrogen (secondary N) is 1. The van der Waals surface area contributed by atoms with Gasteiger partial charge in [-0.15, -0.1) is 0 Å². The molecule has 4 fully saturated rings. The minimum Gasteiger partial charge on any atom is -0.356 e. The van der Waals surface area contributed by atoms with Crippen LogP contribution in [-0.4, -0.2) is 77.8 Å². The van der Waals surface area contributed by atoms with Crippen molar-refractivity contribution in [3.8, 4) is 0 Å². The average molecular weight is 510 g/mol. The molecule has 4 aliphatic rings. The van der Waals surface area contributed by atoms with Crippen LogP contribution in [0.25, 0.3) is 0 Å². The third-order valence-corrected chi connectivity index (χ3v) is 9.06. The lowest BCUT2D eigenvalue weighted by Crippen LogP contribution is -2.50. The van der Waals surface area contributed by atoms with Crippen LogP contribution in [0.5, 0.6) is 0 Å². The van der Waals surface area contributed by atoms with Gasteiger partial charge in [-0.3, -0.25) is 14.4 Å². The molecule has 2 aliphatic carbocycles. The lowest BCUT2D eigenvalue weighted by Gasteiger charge is -2.36. The molecule has 2 saturated carbocycles. The smallest absolute Gasteiger partial charge is 0.225 e. The summed E-state index contributed by atoms with van der Waals surface area (Å²) in [5.41, 5.74) is 0. The van der Waals surface area contributed by atoms with Crippen LogP contribution in [0.15, 0.2) is 24.4 Å². The molecule has 2 saturated heterocycles. The van der Waals surface area contributed by atoms with Crippen molar-refractivity contribution in [3.63, 3.8) is 0 Å². The maximum absolute atomic E-state index is 13.7. The molecule has 3 atom stereocenters. The van der Waals surface area contributed by atoms with Crippen molar-refractivity contribution < 1.29 is 14.4 Å². The summed E-state index contributed by atoms with van der Waals surface area (Å²) in [6, 6.07) is 5.74. The average Bonchev–Trinajstić information content (AvgIpc) is 3.60. The maximum Gasteiger partial charge on any atom is 0.225 e. The Hall–Kier alpha value is -2.64. The highest BCUT2D eigenvalue weighted by Crippen LogP contribution is 2.38. The molecule has 1 aromatic rings. The van der Waals surface area contributed by atoms with Crippen LogP contribution >= 0.6 is 0 Å². The van der Waals surface area contributed by atoms with Crippen LogP contribution in [0.1, 0.15) is 70.6 Å². The van der Waals surface area contributed by atoms with Gasteiger partial charge in [-0.05, 0) is 56.6 Å². The molecular weight excluding hydrogens is 466 g/mol. The van der Waals surface area contributed by atoms with E-state index >= 15 is 0 Å². The van der Waals surface area contributed by atoms with Gasteiger partial charge in [-0.1, -0.05) is 31.7 Å². The number of hydrogen-bond acceptors (Lipinski definition) is 5. The van der Waals surface area contributed by atoms with Gasteiger partial charge >= 0.3 is 0 Å². The van der Waals surface area contributed by atoms with E-state index in [4.69, 9.17) is 0 Å². The van der Waals surface area contributed by atoms with E-state index in [1.54, 1.807) is 6.20 Å². The van der Waals surface area contributed by atoms with Crippen molar-refractivity contribution in [2.45, 2.75) is 76.7 Å². The first-order chi connectivity index (χ1) is 18.1. The first kappa shape index (κ1) is 26.0. The molecule has 8 nitrogen and oxygen atoms in total. The van der Waals surface area contributed by atoms with E-state index in [-0.39, 0.29) is 35.6 Å². The lowest BCUT2D eigenvalue weighted by atomic mass is 9.98. The zero-order chi connectivity index (χ0) is 25.6. The summed E-state index contributed by atoms with van der Waals surface area (Å²) >= 11 is 0. The number of hydrogen-bond donors (Lipinski definition) is 1. The number of nitrogens with zero attached hydrogens (tertiary/aromatic N) is 4. The second-order valence-electron chi connectivity index (χ2n) is 11.5. The summed E-state index contributed by atoms with van der Waals surface area (Å²) in [5.74, 6) is 1.31. The predicted octanol–water partition coefficient (Wildman–Crippen LogP) is 3.22. The zero-order valence-electron chi connectivity index (χ0n) is 22.2. The van der Waals surface area contributed by atoms with Crippen molar-refractivity contribution in [2.75, 3.05) is 44.2 Å². The molecule has 0 unspecified atom stereocenters. The third kappa shape index (κ3) is 6.27. The molecule has 3 heterocycles. The Morgan fingerprint density at radius 2 is 1.70 bits per heavy atom. The Bertz CT molecular complexity index is 927. The highest BCUT2D eigenvalue weighted by Gasteiger charge is 2.46. The summed E-state index contributed by atoms with van der Waals surface area (Å²) in [4.78, 5) is 51.2. The van der Waals surface area contributed by atoms with Crippen LogP contribution in [0.4, 0.5) is 5.82 Å². The number of carbonyl (C=O) groups is 3. The molecule has 0 aromatic carbocycles. The Balaban J connectivity index is 1.27. The number of carbonyl (C=O) groups excluding carboxylic acids is 3. The summed E-state index contributed by atoms with van der Waals surface area (Å²) in [7, 11) is 0. The van der Waals surface area contributed by atoms with E-state index in [0.29, 0.717) is 51.4 Å². The molecular formula is C29H43N5O3. The minimum atomic E-state index is -0.297. The van der Waals surface area contributed by atoms with Crippen molar-refractivity contribution in [1.29, 1.82) is 0 Å². The number of rotatable bonds is 4. The molecule has 1 aromatic heterocycles. The molecule has 37 heavy (non-hydrogen) atoms. The third-order valence-electron chi connectivity index (χ3n) is 9.06. The van der Waals surface area contributed by atoms with E-state index in [2.05, 4.69) is 15.2 Å². The van der Waals surface area contributed by atoms with Gasteiger partial charge in [0.15, 0.2) is 0 Å². The van der Waals surface area contributed by atoms with Crippen LogP contribution < -0.4 is 10.2 Å². The van der Waals surface area contributed by atoms with Crippen molar-refractivity contribution in [1.82, 2.24) is 20.1 Å². The first-order valence-corrected chi connectivity index (χ1v) is 14.6. The fourth-order valence-electron chi connectivity index (χ4n) is 6.96. The molecule has 0 radical (unpaired) electrons. The molecule has 8 heteroatoms. The number of pyridine rings is 1. The number of piperazine rings is 1. The van der Waals surface area contributed by atoms with Gasteiger partial charge < -0.3 is 20.0 Å². The van der Waals surface area contributed by atoms with Gasteiger partial charge in [0.1, 0.15) is 5.82 Å². The second kappa shape index (κ2) is 12.3. The van der Waals surface area contributed by atoms with E-state index in [1.807, 2.05) is 28.0 Å². The second-order valence-corrected chi connectivity index (χ2v) is 11.5. The molecule has 5 rings (SSSR count). The quantitative estimate of drug-likeness (QED) is 0.674. The van der Waals surface area contributed by atoms with Crippen molar-refractivity contribution in [2.24, 2.45) is 17.8 Å². The highest BCUT2D eigenvalue weighted by molar-refractivity contribution is 5.85. The summed E-state index contributed by atoms with van der Waals surface area (Å²) < 4.78 is 0. The van der Waals surface area contributed by atoms with Crippen LogP contribution in [0.2, 0.25) is 0 Å². The topological polar surface area (TPSA) is 85.8 Å². The predicted molar refractivity (Wildman–Crippen MR) is 143 cm³/mol. The van der Waals surface area contributed by atoms with Gasteiger partial charge in [0.05, 0.1) is 5.92 Å². The SMILES string of the molecule is O=C1NCCCCCCN(C(=O)CC2CCCC2)[C@H]2C[C@H](C(=O)N3CCN(c4ccccn4)CC3)C[C@@H]12. The number of fused-ring (bicyclic) bond motifs is 1. The van der Waals surface area contributed by atoms with Gasteiger partial charge in [0.25, 0.3) is 0 Å². The van der Waals surface area contributed by atoms with Gasteiger partial charge in [0, 0.05) is 63.8 Å². The van der Waals surface area contributed by atoms with Gasteiger partial charge in [0.2, 0.25) is 17.7 Å². The van der Waals surface area contributed by atoms with E-state index in [0.717, 1.165) is 57.4 Å². The van der Waals surface area contributed by atoms with E-state index < -0.39 is 0 Å². The van der Waals surface area contributed by atoms with E-state index in [1.165, 1.54) is 12.8 Å². The standard InChI is InChI=1S/C29H43N5O3/c35-27(19-22-9-3-4-10-22)34-14-8-2-1-6-13-31-28(36)24-20-23(21-25(24)34)29(37)33-17-15-32(16-18-33)26-11-5-7-12-30-26/h5,7,11-12,22-25H,1-4,6,8-10,13-21H2,(H,31,36)/t23-,24-,25+/m1/s1. The Morgan fingerprint density at radius 1 is 0.919 bits per heavy atom. The number of amides is 3. The Kier molecular flexibility index (Phi) is 8.62. The van der Waals surface area contributed by atoms with Crippen molar-refractivity contribution >= 4 is 23.5 Å². The van der Waals surface area contributed by atoms with Crippen LogP contribution in [0, 0.1) is 17.8 Å². The minimum absolute atomic E-state index is 0.0286. The van der Waals surface area contributed by atoms with Crippen LogP contribution in [-0.2, 0) is 14.4 Å². The Labute approximate surface area is 221 Å².